The maximum atomic E-state index is 10.4. The third kappa shape index (κ3) is 4.52. The van der Waals surface area contributed by atoms with Gasteiger partial charge in [-0.3, -0.25) is 0 Å². The largest absolute Gasteiger partial charge is 0.340 e. The molecule has 6 aromatic rings. The fraction of sp³-hybridized carbons (Fsp3) is 0.156. The lowest BCUT2D eigenvalue weighted by atomic mass is 9.83. The first kappa shape index (κ1) is 28.9. The monoisotopic (exact) mass is 628 g/mol. The van der Waals surface area contributed by atoms with Gasteiger partial charge in [0.1, 0.15) is 12.1 Å². The number of nitrogens with zero attached hydrogens (tertiary/aromatic N) is 4. The van der Waals surface area contributed by atoms with Gasteiger partial charge in [-0.25, -0.2) is 0 Å². The highest BCUT2D eigenvalue weighted by Gasteiger charge is 2.42. The molecule has 9 rings (SSSR count). The number of fused-ring (bicyclic) bond motifs is 5. The molecule has 3 unspecified atom stereocenters. The highest BCUT2D eigenvalue weighted by Crippen LogP contribution is 2.48. The van der Waals surface area contributed by atoms with Gasteiger partial charge in [0.2, 0.25) is 0 Å². The van der Waals surface area contributed by atoms with E-state index >= 15 is 0 Å². The third-order valence-electron chi connectivity index (χ3n) is 10.5. The van der Waals surface area contributed by atoms with E-state index < -0.39 is 0 Å². The third-order valence-corrected chi connectivity index (χ3v) is 10.5. The van der Waals surface area contributed by atoms with Gasteiger partial charge in [-0.05, 0) is 71.9 Å². The molecule has 5 aromatic carbocycles. The Balaban J connectivity index is 1.10. The number of para-hydroxylation sites is 3. The molecule has 0 fully saturated rings. The van der Waals surface area contributed by atoms with Crippen LogP contribution in [0.5, 0.6) is 0 Å². The molecule has 0 saturated heterocycles. The van der Waals surface area contributed by atoms with Crippen LogP contribution in [-0.4, -0.2) is 10.6 Å². The summed E-state index contributed by atoms with van der Waals surface area (Å²) >= 11 is 0. The lowest BCUT2D eigenvalue weighted by molar-refractivity contribution is 0.481. The van der Waals surface area contributed by atoms with Crippen LogP contribution in [0.25, 0.3) is 49.7 Å². The molecule has 0 N–H and O–H groups in total. The van der Waals surface area contributed by atoms with E-state index in [4.69, 9.17) is 0 Å². The van der Waals surface area contributed by atoms with E-state index in [-0.39, 0.29) is 5.92 Å². The molecule has 1 aliphatic heterocycles. The second kappa shape index (κ2) is 11.5. The van der Waals surface area contributed by atoms with Gasteiger partial charge >= 0.3 is 0 Å². The predicted molar refractivity (Wildman–Crippen MR) is 198 cm³/mol. The first-order chi connectivity index (χ1) is 24.1. The number of hydrogen-bond donors (Lipinski definition) is 0. The van der Waals surface area contributed by atoms with Crippen LogP contribution in [0.15, 0.2) is 133 Å². The zero-order valence-electron chi connectivity index (χ0n) is 27.2. The SMILES string of the molecule is CC1C#CC2C3=C(CCC=C3)N(c3ccccc3-c3ccc(-c4ccc(-n5c6ccccc6c6cccc(C#N)c65)c(C#N)c4)cc3)C2C1. The first-order valence-corrected chi connectivity index (χ1v) is 17.0. The van der Waals surface area contributed by atoms with Crippen LogP contribution in [0.3, 0.4) is 0 Å². The maximum absolute atomic E-state index is 10.4. The van der Waals surface area contributed by atoms with Gasteiger partial charge in [-0.15, -0.1) is 0 Å². The van der Waals surface area contributed by atoms with E-state index in [0.717, 1.165) is 63.4 Å². The number of anilines is 1. The van der Waals surface area contributed by atoms with Crippen LogP contribution in [0, 0.1) is 46.3 Å². The minimum atomic E-state index is 0.268. The Labute approximate surface area is 286 Å². The summed E-state index contributed by atoms with van der Waals surface area (Å²) in [7, 11) is 0. The molecule has 3 atom stereocenters. The molecule has 3 aliphatic rings. The second-order valence-corrected chi connectivity index (χ2v) is 13.3. The molecule has 2 heterocycles. The molecule has 232 valence electrons. The minimum absolute atomic E-state index is 0.268. The minimum Gasteiger partial charge on any atom is -0.340 e. The van der Waals surface area contributed by atoms with Crippen LogP contribution < -0.4 is 4.90 Å². The molecule has 2 aliphatic carbocycles. The number of benzene rings is 5. The van der Waals surface area contributed by atoms with Gasteiger partial charge in [0.25, 0.3) is 0 Å². The van der Waals surface area contributed by atoms with Crippen molar-refractivity contribution in [3.8, 4) is 51.9 Å². The van der Waals surface area contributed by atoms with E-state index in [1.165, 1.54) is 22.5 Å². The van der Waals surface area contributed by atoms with Gasteiger partial charge in [0.15, 0.2) is 0 Å². The van der Waals surface area contributed by atoms with Crippen molar-refractivity contribution in [1.29, 1.82) is 10.5 Å². The van der Waals surface area contributed by atoms with E-state index in [1.54, 1.807) is 0 Å². The van der Waals surface area contributed by atoms with Crippen LogP contribution in [0.1, 0.15) is 37.3 Å². The molecule has 0 spiro atoms. The Kier molecular flexibility index (Phi) is 6.76. The molecule has 1 aromatic heterocycles. The molecule has 0 radical (unpaired) electrons. The molecule has 4 heteroatoms. The molecule has 0 saturated carbocycles. The number of aromatic nitrogens is 1. The van der Waals surface area contributed by atoms with Crippen molar-refractivity contribution in [1.82, 2.24) is 4.57 Å². The average Bonchev–Trinajstić information content (AvgIpc) is 3.67. The van der Waals surface area contributed by atoms with Gasteiger partial charge < -0.3 is 9.47 Å². The molecule has 49 heavy (non-hydrogen) atoms. The molecular formula is C45H32N4. The van der Waals surface area contributed by atoms with Gasteiger partial charge in [0.05, 0.1) is 39.8 Å². The topological polar surface area (TPSA) is 55.8 Å². The lowest BCUT2D eigenvalue weighted by Gasteiger charge is -2.35. The summed E-state index contributed by atoms with van der Waals surface area (Å²) in [6.45, 7) is 2.25. The average molecular weight is 629 g/mol. The van der Waals surface area contributed by atoms with Crippen molar-refractivity contribution < 1.29 is 0 Å². The van der Waals surface area contributed by atoms with Crippen molar-refractivity contribution in [3.05, 3.63) is 144 Å². The van der Waals surface area contributed by atoms with E-state index in [0.29, 0.717) is 23.1 Å². The van der Waals surface area contributed by atoms with Crippen LogP contribution >= 0.6 is 0 Å². The van der Waals surface area contributed by atoms with Gasteiger partial charge in [-0.1, -0.05) is 110 Å². The van der Waals surface area contributed by atoms with Gasteiger partial charge in [-0.2, -0.15) is 10.5 Å². The van der Waals surface area contributed by atoms with Crippen LogP contribution in [-0.2, 0) is 0 Å². The van der Waals surface area contributed by atoms with E-state index in [2.05, 4.69) is 119 Å². The Morgan fingerprint density at radius 3 is 2.33 bits per heavy atom. The maximum Gasteiger partial charge on any atom is 0.101 e. The fourth-order valence-corrected chi connectivity index (χ4v) is 8.29. The summed E-state index contributed by atoms with van der Waals surface area (Å²) in [5.41, 5.74) is 12.2. The summed E-state index contributed by atoms with van der Waals surface area (Å²) in [5, 5.41) is 22.5. The Hall–Kier alpha value is -6.28. The van der Waals surface area contributed by atoms with Crippen molar-refractivity contribution in [2.24, 2.45) is 11.8 Å². The quantitative estimate of drug-likeness (QED) is 0.183. The van der Waals surface area contributed by atoms with Crippen molar-refractivity contribution in [2.45, 2.75) is 32.2 Å². The van der Waals surface area contributed by atoms with Crippen molar-refractivity contribution in [3.63, 3.8) is 0 Å². The van der Waals surface area contributed by atoms with Crippen molar-refractivity contribution >= 4 is 27.5 Å². The molecule has 0 amide bonds. The van der Waals surface area contributed by atoms with Gasteiger partial charge in [0, 0.05) is 33.6 Å². The normalized spacial score (nSPS) is 19.2. The summed E-state index contributed by atoms with van der Waals surface area (Å²) < 4.78 is 2.07. The second-order valence-electron chi connectivity index (χ2n) is 13.3. The molecular weight excluding hydrogens is 597 g/mol. The summed E-state index contributed by atoms with van der Waals surface area (Å²) in [5.74, 6) is 7.76. The predicted octanol–water partition coefficient (Wildman–Crippen LogP) is 10.3. The number of nitriles is 2. The summed E-state index contributed by atoms with van der Waals surface area (Å²) in [6.07, 6.45) is 7.80. The summed E-state index contributed by atoms with van der Waals surface area (Å²) in [4.78, 5) is 2.61. The van der Waals surface area contributed by atoms with E-state index in [1.807, 2.05) is 42.5 Å². The van der Waals surface area contributed by atoms with Crippen LogP contribution in [0.4, 0.5) is 5.69 Å². The Morgan fingerprint density at radius 1 is 0.714 bits per heavy atom. The smallest absolute Gasteiger partial charge is 0.101 e. The lowest BCUT2D eigenvalue weighted by Crippen LogP contribution is -2.37. The van der Waals surface area contributed by atoms with Crippen LogP contribution in [0.2, 0.25) is 0 Å². The highest BCUT2D eigenvalue weighted by molar-refractivity contribution is 6.11. The van der Waals surface area contributed by atoms with Crippen molar-refractivity contribution in [2.75, 3.05) is 4.90 Å². The summed E-state index contributed by atoms with van der Waals surface area (Å²) in [6, 6.07) is 42.7. The highest BCUT2D eigenvalue weighted by atomic mass is 15.2. The Bertz CT molecular complexity index is 2540. The zero-order chi connectivity index (χ0) is 33.1. The van der Waals surface area contributed by atoms with E-state index in [9.17, 15) is 10.5 Å². The Morgan fingerprint density at radius 2 is 1.47 bits per heavy atom. The number of allylic oxidation sites excluding steroid dienone is 3. The standard InChI is InChI=1S/C45H32N4/c1-29-17-23-38-36-11-3-6-15-42(36)48(44(38)25-29)41-14-5-2-10-35(41)31-20-18-30(19-21-31)32-22-24-40(34(26-32)28-47)49-43-16-7-4-12-37(43)39-13-8-9-33(27-46)45(39)49/h2-5,7-14,16,18-22,24,26,29,38,44H,6,15,25H2,1H3. The molecule has 0 bridgehead atoms. The zero-order valence-corrected chi connectivity index (χ0v) is 27.2. The number of rotatable bonds is 4. The first-order valence-electron chi connectivity index (χ1n) is 17.0. The molecule has 4 nitrogen and oxygen atoms in total. The number of hydrogen-bond acceptors (Lipinski definition) is 3. The fourth-order valence-electron chi connectivity index (χ4n) is 8.29.